The van der Waals surface area contributed by atoms with Gasteiger partial charge in [-0.05, 0) is 67.1 Å². The fourth-order valence-corrected chi connectivity index (χ4v) is 3.85. The molecule has 9 heteroatoms. The second-order valence-electron chi connectivity index (χ2n) is 7.88. The molecule has 0 fully saturated rings. The molecule has 5 aromatic rings. The van der Waals surface area contributed by atoms with Gasteiger partial charge < -0.3 is 18.9 Å². The van der Waals surface area contributed by atoms with Gasteiger partial charge in [0.1, 0.15) is 11.4 Å². The lowest BCUT2D eigenvalue weighted by Gasteiger charge is -2.16. The number of anilines is 1. The number of aromatic nitrogens is 2. The zero-order valence-electron chi connectivity index (χ0n) is 19.1. The van der Waals surface area contributed by atoms with E-state index in [1.807, 2.05) is 0 Å². The molecule has 0 aliphatic rings. The molecule has 180 valence electrons. The number of nitrogens with zero attached hydrogens (tertiary/aromatic N) is 2. The van der Waals surface area contributed by atoms with Crippen molar-refractivity contribution in [3.05, 3.63) is 89.8 Å². The average Bonchev–Trinajstić information content (AvgIpc) is 3.61. The smallest absolute Gasteiger partial charge is 0.338 e. The number of nitrogens with one attached hydrogen (secondary N) is 1. The van der Waals surface area contributed by atoms with E-state index in [1.54, 1.807) is 86.2 Å². The quantitative estimate of drug-likeness (QED) is 0.258. The zero-order valence-corrected chi connectivity index (χ0v) is 19.9. The SMILES string of the molecule is CCC(OC(=O)c1ccc2nc(-c3ccco3)c(-c3ccco3)nc2c1)C(=O)Nc1cccc(Cl)c1. The predicted octanol–water partition coefficient (Wildman–Crippen LogP) is 6.38. The molecule has 0 saturated heterocycles. The molecule has 0 aliphatic carbocycles. The molecule has 0 spiro atoms. The second-order valence-corrected chi connectivity index (χ2v) is 8.32. The normalized spacial score (nSPS) is 11.8. The van der Waals surface area contributed by atoms with Gasteiger partial charge in [0.25, 0.3) is 5.91 Å². The number of carbonyl (C=O) groups is 2. The Morgan fingerprint density at radius 2 is 1.61 bits per heavy atom. The number of carbonyl (C=O) groups excluding carboxylic acids is 2. The Morgan fingerprint density at radius 1 is 0.917 bits per heavy atom. The Morgan fingerprint density at radius 3 is 2.22 bits per heavy atom. The molecule has 1 unspecified atom stereocenters. The maximum atomic E-state index is 12.9. The summed E-state index contributed by atoms with van der Waals surface area (Å²) in [4.78, 5) is 35.0. The molecule has 0 saturated carbocycles. The highest BCUT2D eigenvalue weighted by Gasteiger charge is 2.23. The van der Waals surface area contributed by atoms with Crippen molar-refractivity contribution in [1.82, 2.24) is 9.97 Å². The molecule has 3 aromatic heterocycles. The van der Waals surface area contributed by atoms with Crippen LogP contribution in [0.15, 0.2) is 88.1 Å². The van der Waals surface area contributed by atoms with E-state index < -0.39 is 18.0 Å². The molecule has 2 aromatic carbocycles. The number of furan rings is 2. The van der Waals surface area contributed by atoms with E-state index in [4.69, 9.17) is 35.1 Å². The van der Waals surface area contributed by atoms with Crippen LogP contribution in [0.5, 0.6) is 0 Å². The molecule has 1 amide bonds. The summed E-state index contributed by atoms with van der Waals surface area (Å²) in [7, 11) is 0. The van der Waals surface area contributed by atoms with Crippen LogP contribution in [-0.4, -0.2) is 27.9 Å². The van der Waals surface area contributed by atoms with Crippen molar-refractivity contribution in [2.24, 2.45) is 0 Å². The lowest BCUT2D eigenvalue weighted by atomic mass is 10.1. The zero-order chi connectivity index (χ0) is 25.1. The van der Waals surface area contributed by atoms with Crippen LogP contribution in [0.25, 0.3) is 33.9 Å². The predicted molar refractivity (Wildman–Crippen MR) is 135 cm³/mol. The van der Waals surface area contributed by atoms with Gasteiger partial charge in [0.15, 0.2) is 17.6 Å². The van der Waals surface area contributed by atoms with Gasteiger partial charge in [-0.3, -0.25) is 4.79 Å². The Hall–Kier alpha value is -4.43. The highest BCUT2D eigenvalue weighted by molar-refractivity contribution is 6.30. The lowest BCUT2D eigenvalue weighted by molar-refractivity contribution is -0.124. The minimum Gasteiger partial charge on any atom is -0.463 e. The number of fused-ring (bicyclic) bond motifs is 1. The molecule has 3 heterocycles. The third-order valence-corrected chi connectivity index (χ3v) is 5.65. The van der Waals surface area contributed by atoms with Gasteiger partial charge in [0.2, 0.25) is 0 Å². The van der Waals surface area contributed by atoms with Crippen molar-refractivity contribution in [3.63, 3.8) is 0 Å². The third kappa shape index (κ3) is 4.85. The maximum absolute atomic E-state index is 12.9. The molecule has 0 bridgehead atoms. The first kappa shape index (κ1) is 23.3. The van der Waals surface area contributed by atoms with Gasteiger partial charge in [-0.1, -0.05) is 24.6 Å². The van der Waals surface area contributed by atoms with Gasteiger partial charge in [0, 0.05) is 10.7 Å². The largest absolute Gasteiger partial charge is 0.463 e. The summed E-state index contributed by atoms with van der Waals surface area (Å²) in [6.45, 7) is 1.76. The van der Waals surface area contributed by atoms with Crippen molar-refractivity contribution >= 4 is 40.2 Å². The molecule has 5 rings (SSSR count). The van der Waals surface area contributed by atoms with Crippen LogP contribution < -0.4 is 5.32 Å². The van der Waals surface area contributed by atoms with Crippen LogP contribution in [0, 0.1) is 0 Å². The van der Waals surface area contributed by atoms with Gasteiger partial charge in [-0.2, -0.15) is 0 Å². The van der Waals surface area contributed by atoms with Crippen molar-refractivity contribution in [2.75, 3.05) is 5.32 Å². The number of esters is 1. The summed E-state index contributed by atoms with van der Waals surface area (Å²) in [5, 5.41) is 3.21. The second kappa shape index (κ2) is 10.1. The summed E-state index contributed by atoms with van der Waals surface area (Å²) >= 11 is 5.98. The fourth-order valence-electron chi connectivity index (χ4n) is 3.66. The Labute approximate surface area is 210 Å². The molecule has 0 radical (unpaired) electrons. The fraction of sp³-hybridized carbons (Fsp3) is 0.111. The van der Waals surface area contributed by atoms with Gasteiger partial charge >= 0.3 is 5.97 Å². The summed E-state index contributed by atoms with van der Waals surface area (Å²) < 4.78 is 16.6. The topological polar surface area (TPSA) is 107 Å². The molecular formula is C27H20ClN3O5. The first-order chi connectivity index (χ1) is 17.5. The summed E-state index contributed by atoms with van der Waals surface area (Å²) in [6, 6.07) is 18.6. The van der Waals surface area contributed by atoms with E-state index in [0.29, 0.717) is 51.1 Å². The van der Waals surface area contributed by atoms with Crippen molar-refractivity contribution in [2.45, 2.75) is 19.4 Å². The molecule has 36 heavy (non-hydrogen) atoms. The van der Waals surface area contributed by atoms with E-state index in [2.05, 4.69) is 5.32 Å². The Balaban J connectivity index is 1.42. The summed E-state index contributed by atoms with van der Waals surface area (Å²) in [5.41, 5.74) is 2.76. The number of rotatable bonds is 7. The van der Waals surface area contributed by atoms with Crippen LogP contribution >= 0.6 is 11.6 Å². The standard InChI is InChI=1S/C27H20ClN3O5/c1-2-21(26(32)29-18-7-3-6-17(28)15-18)36-27(33)16-10-11-19-20(14-16)31-25(23-9-5-13-35-23)24(30-19)22-8-4-12-34-22/h3-15,21H,2H2,1H3,(H,29,32). The van der Waals surface area contributed by atoms with Gasteiger partial charge in [0.05, 0.1) is 29.1 Å². The van der Waals surface area contributed by atoms with Crippen molar-refractivity contribution in [1.29, 1.82) is 0 Å². The summed E-state index contributed by atoms with van der Waals surface area (Å²) in [6.07, 6.45) is 2.40. The highest BCUT2D eigenvalue weighted by atomic mass is 35.5. The highest BCUT2D eigenvalue weighted by Crippen LogP contribution is 2.31. The van der Waals surface area contributed by atoms with E-state index in [1.165, 1.54) is 0 Å². The summed E-state index contributed by atoms with van der Waals surface area (Å²) in [5.74, 6) is -0.0540. The molecular weight excluding hydrogens is 482 g/mol. The first-order valence-electron chi connectivity index (χ1n) is 11.2. The van der Waals surface area contributed by atoms with Crippen LogP contribution in [-0.2, 0) is 9.53 Å². The minimum absolute atomic E-state index is 0.238. The van der Waals surface area contributed by atoms with Crippen molar-refractivity contribution in [3.8, 4) is 22.9 Å². The van der Waals surface area contributed by atoms with E-state index in [0.717, 1.165) is 0 Å². The molecule has 1 atom stereocenters. The number of hydrogen-bond donors (Lipinski definition) is 1. The number of ether oxygens (including phenoxy) is 1. The van der Waals surface area contributed by atoms with E-state index in [9.17, 15) is 9.59 Å². The monoisotopic (exact) mass is 501 g/mol. The van der Waals surface area contributed by atoms with E-state index >= 15 is 0 Å². The van der Waals surface area contributed by atoms with Crippen LogP contribution in [0.1, 0.15) is 23.7 Å². The number of benzene rings is 2. The third-order valence-electron chi connectivity index (χ3n) is 5.41. The van der Waals surface area contributed by atoms with Crippen molar-refractivity contribution < 1.29 is 23.2 Å². The molecule has 1 N–H and O–H groups in total. The number of halogens is 1. The van der Waals surface area contributed by atoms with Crippen LogP contribution in [0.4, 0.5) is 5.69 Å². The molecule has 0 aliphatic heterocycles. The van der Waals surface area contributed by atoms with Gasteiger partial charge in [-0.15, -0.1) is 0 Å². The lowest BCUT2D eigenvalue weighted by Crippen LogP contribution is -2.32. The number of amides is 1. The van der Waals surface area contributed by atoms with Crippen LogP contribution in [0.3, 0.4) is 0 Å². The van der Waals surface area contributed by atoms with E-state index in [-0.39, 0.29) is 5.56 Å². The Bertz CT molecular complexity index is 1530. The first-order valence-corrected chi connectivity index (χ1v) is 11.6. The van der Waals surface area contributed by atoms with Crippen LogP contribution in [0.2, 0.25) is 5.02 Å². The minimum atomic E-state index is -0.988. The van der Waals surface area contributed by atoms with Gasteiger partial charge in [-0.25, -0.2) is 14.8 Å². The maximum Gasteiger partial charge on any atom is 0.338 e. The molecule has 8 nitrogen and oxygen atoms in total. The Kier molecular flexibility index (Phi) is 6.51. The number of hydrogen-bond acceptors (Lipinski definition) is 7. The average molecular weight is 502 g/mol.